The molecular formula is C14H20N4O2. The maximum absolute atomic E-state index is 12.0. The van der Waals surface area contributed by atoms with Crippen LogP contribution in [-0.2, 0) is 16.1 Å². The molecule has 1 aliphatic heterocycles. The van der Waals surface area contributed by atoms with E-state index in [4.69, 9.17) is 0 Å². The molecular weight excluding hydrogens is 256 g/mol. The Morgan fingerprint density at radius 1 is 1.45 bits per heavy atom. The topological polar surface area (TPSA) is 67.2 Å². The van der Waals surface area contributed by atoms with Gasteiger partial charge in [-0.3, -0.25) is 14.3 Å². The van der Waals surface area contributed by atoms with Crippen molar-refractivity contribution in [3.05, 3.63) is 18.5 Å². The summed E-state index contributed by atoms with van der Waals surface area (Å²) in [6.07, 6.45) is 7.08. The van der Waals surface area contributed by atoms with Gasteiger partial charge in [-0.2, -0.15) is 5.10 Å². The van der Waals surface area contributed by atoms with Crippen molar-refractivity contribution < 1.29 is 9.59 Å². The minimum atomic E-state index is -0.159. The highest BCUT2D eigenvalue weighted by Gasteiger charge is 2.41. The van der Waals surface area contributed by atoms with E-state index in [1.807, 2.05) is 21.8 Å². The van der Waals surface area contributed by atoms with Gasteiger partial charge < -0.3 is 10.2 Å². The van der Waals surface area contributed by atoms with Crippen molar-refractivity contribution in [3.8, 4) is 0 Å². The Bertz CT molecular complexity index is 481. The van der Waals surface area contributed by atoms with Gasteiger partial charge in [-0.1, -0.05) is 0 Å². The third kappa shape index (κ3) is 3.00. The maximum atomic E-state index is 12.0. The summed E-state index contributed by atoms with van der Waals surface area (Å²) >= 11 is 0. The van der Waals surface area contributed by atoms with Crippen molar-refractivity contribution in [3.63, 3.8) is 0 Å². The number of carbonyl (C=O) groups is 2. The molecule has 1 aromatic heterocycles. The van der Waals surface area contributed by atoms with E-state index in [2.05, 4.69) is 10.4 Å². The van der Waals surface area contributed by atoms with Crippen LogP contribution in [0.4, 0.5) is 0 Å². The number of likely N-dealkylation sites (tertiary alicyclic amines) is 1. The molecule has 0 bridgehead atoms. The first-order chi connectivity index (χ1) is 9.74. The number of hydrogen-bond donors (Lipinski definition) is 1. The summed E-state index contributed by atoms with van der Waals surface area (Å²) in [7, 11) is 0. The molecule has 1 N–H and O–H groups in total. The van der Waals surface area contributed by atoms with Gasteiger partial charge in [0.1, 0.15) is 0 Å². The fourth-order valence-corrected chi connectivity index (χ4v) is 2.68. The molecule has 6 nitrogen and oxygen atoms in total. The Balaban J connectivity index is 1.37. The number of aryl methyl sites for hydroxylation is 1. The summed E-state index contributed by atoms with van der Waals surface area (Å²) in [5.74, 6) is -0.000963. The summed E-state index contributed by atoms with van der Waals surface area (Å²) in [4.78, 5) is 25.7. The Kier molecular flexibility index (Phi) is 3.71. The maximum Gasteiger partial charge on any atom is 0.225 e. The molecule has 1 aromatic rings. The highest BCUT2D eigenvalue weighted by Crippen LogP contribution is 2.32. The predicted molar refractivity (Wildman–Crippen MR) is 72.7 cm³/mol. The normalized spacial score (nSPS) is 22.3. The fourth-order valence-electron chi connectivity index (χ4n) is 2.68. The summed E-state index contributed by atoms with van der Waals surface area (Å²) in [6.45, 7) is 2.03. The van der Waals surface area contributed by atoms with Crippen LogP contribution < -0.4 is 5.32 Å². The molecule has 2 amide bonds. The Labute approximate surface area is 118 Å². The van der Waals surface area contributed by atoms with Gasteiger partial charge in [-0.05, 0) is 25.3 Å². The summed E-state index contributed by atoms with van der Waals surface area (Å²) in [5.41, 5.74) is 0. The van der Waals surface area contributed by atoms with Gasteiger partial charge in [0.15, 0.2) is 0 Å². The van der Waals surface area contributed by atoms with E-state index in [-0.39, 0.29) is 17.7 Å². The molecule has 2 aliphatic rings. The van der Waals surface area contributed by atoms with E-state index < -0.39 is 0 Å². The van der Waals surface area contributed by atoms with E-state index in [9.17, 15) is 9.59 Å². The lowest BCUT2D eigenvalue weighted by molar-refractivity contribution is -0.129. The van der Waals surface area contributed by atoms with Crippen molar-refractivity contribution >= 4 is 11.8 Å². The van der Waals surface area contributed by atoms with Gasteiger partial charge in [0.05, 0.1) is 5.92 Å². The number of nitrogens with zero attached hydrogens (tertiary/aromatic N) is 3. The summed E-state index contributed by atoms with van der Waals surface area (Å²) in [6, 6.07) is 2.30. The van der Waals surface area contributed by atoms with Crippen LogP contribution in [0, 0.1) is 5.92 Å². The molecule has 2 fully saturated rings. The fraction of sp³-hybridized carbons (Fsp3) is 0.643. The molecule has 1 atom stereocenters. The van der Waals surface area contributed by atoms with Crippen molar-refractivity contribution in [2.24, 2.45) is 5.92 Å². The quantitative estimate of drug-likeness (QED) is 0.765. The first kappa shape index (κ1) is 13.1. The minimum Gasteiger partial charge on any atom is -0.356 e. The Morgan fingerprint density at radius 2 is 2.30 bits per heavy atom. The van der Waals surface area contributed by atoms with Gasteiger partial charge in [-0.25, -0.2) is 0 Å². The molecule has 0 spiro atoms. The zero-order valence-electron chi connectivity index (χ0n) is 11.5. The van der Waals surface area contributed by atoms with Gasteiger partial charge in [-0.15, -0.1) is 0 Å². The van der Waals surface area contributed by atoms with Crippen LogP contribution in [0.5, 0.6) is 0 Å². The second-order valence-corrected chi connectivity index (χ2v) is 5.59. The lowest BCUT2D eigenvalue weighted by Crippen LogP contribution is -2.34. The standard InChI is InChI=1S/C14H20N4O2/c19-13-9-11(10-18(13)12-3-4-12)14(20)15-5-1-7-17-8-2-6-16-17/h2,6,8,11-12H,1,3-5,7,9-10H2,(H,15,20)/t11-/m0/s1. The Hall–Kier alpha value is -1.85. The zero-order chi connectivity index (χ0) is 13.9. The van der Waals surface area contributed by atoms with Crippen LogP contribution in [0.2, 0.25) is 0 Å². The van der Waals surface area contributed by atoms with Gasteiger partial charge in [0.25, 0.3) is 0 Å². The predicted octanol–water partition coefficient (Wildman–Crippen LogP) is 0.400. The van der Waals surface area contributed by atoms with E-state index in [0.717, 1.165) is 25.8 Å². The lowest BCUT2D eigenvalue weighted by atomic mass is 10.1. The smallest absolute Gasteiger partial charge is 0.225 e. The molecule has 2 heterocycles. The number of aromatic nitrogens is 2. The van der Waals surface area contributed by atoms with E-state index >= 15 is 0 Å². The van der Waals surface area contributed by atoms with Crippen LogP contribution in [0.3, 0.4) is 0 Å². The third-order valence-electron chi connectivity index (χ3n) is 3.94. The summed E-state index contributed by atoms with van der Waals surface area (Å²) in [5, 5.41) is 7.04. The molecule has 1 aliphatic carbocycles. The average Bonchev–Trinajstić information content (AvgIpc) is 2.99. The van der Waals surface area contributed by atoms with Crippen LogP contribution >= 0.6 is 0 Å². The SMILES string of the molecule is O=C(NCCCn1cccn1)[C@H]1CC(=O)N(C2CC2)C1. The molecule has 20 heavy (non-hydrogen) atoms. The summed E-state index contributed by atoms with van der Waals surface area (Å²) < 4.78 is 1.85. The van der Waals surface area contributed by atoms with Crippen LogP contribution in [-0.4, -0.2) is 45.6 Å². The first-order valence-electron chi connectivity index (χ1n) is 7.28. The number of rotatable bonds is 6. The van der Waals surface area contributed by atoms with Crippen molar-refractivity contribution in [1.29, 1.82) is 0 Å². The van der Waals surface area contributed by atoms with Gasteiger partial charge >= 0.3 is 0 Å². The van der Waals surface area contributed by atoms with Crippen LogP contribution in [0.15, 0.2) is 18.5 Å². The highest BCUT2D eigenvalue weighted by atomic mass is 16.2. The van der Waals surface area contributed by atoms with E-state index in [1.54, 1.807) is 6.20 Å². The second-order valence-electron chi connectivity index (χ2n) is 5.59. The number of carbonyl (C=O) groups excluding carboxylic acids is 2. The molecule has 1 saturated carbocycles. The number of nitrogens with one attached hydrogen (secondary N) is 1. The largest absolute Gasteiger partial charge is 0.356 e. The lowest BCUT2D eigenvalue weighted by Gasteiger charge is -2.15. The average molecular weight is 276 g/mol. The van der Waals surface area contributed by atoms with Crippen molar-refractivity contribution in [2.75, 3.05) is 13.1 Å². The van der Waals surface area contributed by atoms with Gasteiger partial charge in [0, 0.05) is 44.5 Å². The van der Waals surface area contributed by atoms with Crippen LogP contribution in [0.25, 0.3) is 0 Å². The zero-order valence-corrected chi connectivity index (χ0v) is 11.5. The third-order valence-corrected chi connectivity index (χ3v) is 3.94. The molecule has 0 aromatic carbocycles. The van der Waals surface area contributed by atoms with Gasteiger partial charge in [0.2, 0.25) is 11.8 Å². The number of hydrogen-bond acceptors (Lipinski definition) is 3. The monoisotopic (exact) mass is 276 g/mol. The molecule has 6 heteroatoms. The molecule has 0 unspecified atom stereocenters. The first-order valence-corrected chi connectivity index (χ1v) is 7.28. The molecule has 108 valence electrons. The van der Waals surface area contributed by atoms with Crippen LogP contribution in [0.1, 0.15) is 25.7 Å². The molecule has 1 saturated heterocycles. The van der Waals surface area contributed by atoms with Crippen molar-refractivity contribution in [1.82, 2.24) is 20.0 Å². The Morgan fingerprint density at radius 3 is 3.00 bits per heavy atom. The van der Waals surface area contributed by atoms with Crippen molar-refractivity contribution in [2.45, 2.75) is 38.3 Å². The number of amides is 2. The van der Waals surface area contributed by atoms with E-state index in [1.165, 1.54) is 0 Å². The molecule has 0 radical (unpaired) electrons. The highest BCUT2D eigenvalue weighted by molar-refractivity contribution is 5.89. The molecule has 3 rings (SSSR count). The van der Waals surface area contributed by atoms with E-state index in [0.29, 0.717) is 25.6 Å². The minimum absolute atomic E-state index is 0.0157. The second kappa shape index (κ2) is 5.64.